The van der Waals surface area contributed by atoms with Gasteiger partial charge in [-0.1, -0.05) is 44.2 Å². The van der Waals surface area contributed by atoms with Crippen molar-refractivity contribution in [3.8, 4) is 0 Å². The van der Waals surface area contributed by atoms with Gasteiger partial charge in [0.1, 0.15) is 0 Å². The van der Waals surface area contributed by atoms with E-state index in [2.05, 4.69) is 48.6 Å². The fourth-order valence-electron chi connectivity index (χ4n) is 3.60. The Morgan fingerprint density at radius 1 is 0.967 bits per heavy atom. The fourth-order valence-corrected chi connectivity index (χ4v) is 3.60. The number of aryl methyl sites for hydroxylation is 1. The minimum Gasteiger partial charge on any atom is -0.379 e. The van der Waals surface area contributed by atoms with Crippen LogP contribution in [0.5, 0.6) is 0 Å². The number of carbonyl (C=O) groups is 1. The highest BCUT2D eigenvalue weighted by Crippen LogP contribution is 2.21. The van der Waals surface area contributed by atoms with Crippen LogP contribution in [-0.2, 0) is 17.8 Å². The summed E-state index contributed by atoms with van der Waals surface area (Å²) < 4.78 is 2.01. The lowest BCUT2D eigenvalue weighted by atomic mass is 10.1. The Bertz CT molecular complexity index is 974. The molecule has 0 bridgehead atoms. The highest BCUT2D eigenvalue weighted by Gasteiger charge is 2.16. The minimum atomic E-state index is -0.0244. The molecule has 3 rings (SSSR count). The molecular formula is C25H32N4O. The van der Waals surface area contributed by atoms with Crippen LogP contribution >= 0.6 is 0 Å². The highest BCUT2D eigenvalue weighted by atomic mass is 16.1. The van der Waals surface area contributed by atoms with E-state index in [-0.39, 0.29) is 11.9 Å². The average molecular weight is 405 g/mol. The summed E-state index contributed by atoms with van der Waals surface area (Å²) in [4.78, 5) is 12.6. The van der Waals surface area contributed by atoms with Crippen molar-refractivity contribution < 1.29 is 4.79 Å². The van der Waals surface area contributed by atoms with Crippen LogP contribution in [-0.4, -0.2) is 15.7 Å². The van der Waals surface area contributed by atoms with Crippen molar-refractivity contribution in [1.82, 2.24) is 9.78 Å². The van der Waals surface area contributed by atoms with Crippen molar-refractivity contribution >= 4 is 17.3 Å². The molecule has 0 radical (unpaired) electrons. The van der Waals surface area contributed by atoms with E-state index in [9.17, 15) is 4.79 Å². The molecule has 0 spiro atoms. The highest BCUT2D eigenvalue weighted by molar-refractivity contribution is 5.92. The summed E-state index contributed by atoms with van der Waals surface area (Å²) in [6, 6.07) is 18.4. The number of hydrogen-bond acceptors (Lipinski definition) is 3. The smallest absolute Gasteiger partial charge is 0.228 e. The number of nitrogens with one attached hydrogen (secondary N) is 2. The van der Waals surface area contributed by atoms with E-state index >= 15 is 0 Å². The maximum atomic E-state index is 12.6. The molecule has 0 aliphatic carbocycles. The molecule has 0 saturated carbocycles. The van der Waals surface area contributed by atoms with Crippen LogP contribution in [0.2, 0.25) is 0 Å². The Hall–Kier alpha value is -3.08. The molecule has 2 N–H and O–H groups in total. The zero-order valence-corrected chi connectivity index (χ0v) is 18.6. The molecule has 1 heterocycles. The molecule has 5 heteroatoms. The van der Waals surface area contributed by atoms with E-state index in [4.69, 9.17) is 0 Å². The van der Waals surface area contributed by atoms with E-state index < -0.39 is 0 Å². The molecule has 158 valence electrons. The molecule has 5 nitrogen and oxygen atoms in total. The first kappa shape index (κ1) is 21.6. The van der Waals surface area contributed by atoms with Crippen LogP contribution in [0.1, 0.15) is 49.3 Å². The maximum absolute atomic E-state index is 12.6. The molecule has 2 aromatic carbocycles. The third-order valence-corrected chi connectivity index (χ3v) is 5.26. The van der Waals surface area contributed by atoms with Gasteiger partial charge in [-0.2, -0.15) is 5.10 Å². The van der Waals surface area contributed by atoms with Crippen LogP contribution in [0, 0.1) is 19.8 Å². The zero-order chi connectivity index (χ0) is 21.7. The van der Waals surface area contributed by atoms with Crippen LogP contribution in [0.15, 0.2) is 54.6 Å². The minimum absolute atomic E-state index is 0.0244. The lowest BCUT2D eigenvalue weighted by molar-refractivity contribution is -0.115. The molecule has 1 atom stereocenters. The second-order valence-corrected chi connectivity index (χ2v) is 8.30. The van der Waals surface area contributed by atoms with Gasteiger partial charge in [0.05, 0.1) is 12.1 Å². The van der Waals surface area contributed by atoms with Crippen LogP contribution < -0.4 is 10.6 Å². The quantitative estimate of drug-likeness (QED) is 0.520. The molecule has 30 heavy (non-hydrogen) atoms. The van der Waals surface area contributed by atoms with Crippen molar-refractivity contribution in [2.45, 2.75) is 53.6 Å². The summed E-state index contributed by atoms with van der Waals surface area (Å²) in [5, 5.41) is 11.1. The Kier molecular flexibility index (Phi) is 6.93. The van der Waals surface area contributed by atoms with Crippen LogP contribution in [0.25, 0.3) is 0 Å². The van der Waals surface area contributed by atoms with E-state index in [1.807, 2.05) is 61.0 Å². The zero-order valence-electron chi connectivity index (χ0n) is 18.6. The van der Waals surface area contributed by atoms with Gasteiger partial charge >= 0.3 is 0 Å². The molecule has 1 aromatic heterocycles. The predicted molar refractivity (Wildman–Crippen MR) is 124 cm³/mol. The number of nitrogens with zero attached hydrogens (tertiary/aromatic N) is 2. The first-order chi connectivity index (χ1) is 14.3. The molecule has 0 aliphatic rings. The van der Waals surface area contributed by atoms with Gasteiger partial charge in [-0.15, -0.1) is 0 Å². The molecule has 0 saturated heterocycles. The Morgan fingerprint density at radius 2 is 1.60 bits per heavy atom. The molecule has 3 aromatic rings. The lowest BCUT2D eigenvalue weighted by Crippen LogP contribution is -2.15. The van der Waals surface area contributed by atoms with Crippen molar-refractivity contribution in [3.05, 3.63) is 77.1 Å². The van der Waals surface area contributed by atoms with Gasteiger partial charge in [-0.3, -0.25) is 9.48 Å². The van der Waals surface area contributed by atoms with E-state index in [1.54, 1.807) is 0 Å². The van der Waals surface area contributed by atoms with Crippen LogP contribution in [0.3, 0.4) is 0 Å². The number of aromatic nitrogens is 2. The fraction of sp³-hybridized carbons (Fsp3) is 0.360. The van der Waals surface area contributed by atoms with Gasteiger partial charge in [0, 0.05) is 35.2 Å². The Morgan fingerprint density at radius 3 is 2.23 bits per heavy atom. The van der Waals surface area contributed by atoms with Gasteiger partial charge in [0.2, 0.25) is 5.91 Å². The summed E-state index contributed by atoms with van der Waals surface area (Å²) in [5.41, 5.74) is 6.07. The molecular weight excluding hydrogens is 372 g/mol. The standard InChI is InChI=1S/C25H32N4O/c1-17(2)16-29-20(5)24(19(4)28-29)15-25(30)27-23-13-11-22(12-14-23)26-18(3)21-9-7-6-8-10-21/h6-14,17-18,26H,15-16H2,1-5H3,(H,27,30)/t18-/m1/s1. The number of amides is 1. The average Bonchev–Trinajstić information content (AvgIpc) is 2.97. The number of anilines is 2. The third-order valence-electron chi connectivity index (χ3n) is 5.26. The van der Waals surface area contributed by atoms with Gasteiger partial charge < -0.3 is 10.6 Å². The summed E-state index contributed by atoms with van der Waals surface area (Å²) in [6.45, 7) is 11.4. The van der Waals surface area contributed by atoms with Crippen molar-refractivity contribution in [3.63, 3.8) is 0 Å². The number of rotatable bonds is 8. The molecule has 0 unspecified atom stereocenters. The third kappa shape index (κ3) is 5.50. The molecule has 1 amide bonds. The molecule has 0 fully saturated rings. The van der Waals surface area contributed by atoms with E-state index in [0.717, 1.165) is 34.9 Å². The van der Waals surface area contributed by atoms with Crippen molar-refractivity contribution in [2.24, 2.45) is 5.92 Å². The van der Waals surface area contributed by atoms with Crippen molar-refractivity contribution in [1.29, 1.82) is 0 Å². The summed E-state index contributed by atoms with van der Waals surface area (Å²) in [5.74, 6) is 0.491. The van der Waals surface area contributed by atoms with Crippen LogP contribution in [0.4, 0.5) is 11.4 Å². The number of benzene rings is 2. The second-order valence-electron chi connectivity index (χ2n) is 8.30. The largest absolute Gasteiger partial charge is 0.379 e. The summed E-state index contributed by atoms with van der Waals surface area (Å²) >= 11 is 0. The first-order valence-corrected chi connectivity index (χ1v) is 10.6. The second kappa shape index (κ2) is 9.61. The van der Waals surface area contributed by atoms with Gasteiger partial charge in [-0.25, -0.2) is 0 Å². The number of hydrogen-bond donors (Lipinski definition) is 2. The topological polar surface area (TPSA) is 59.0 Å². The Labute approximate surface area is 179 Å². The Balaban J connectivity index is 1.59. The van der Waals surface area contributed by atoms with E-state index in [1.165, 1.54) is 5.56 Å². The summed E-state index contributed by atoms with van der Waals surface area (Å²) in [6.07, 6.45) is 0.334. The number of carbonyl (C=O) groups excluding carboxylic acids is 1. The first-order valence-electron chi connectivity index (χ1n) is 10.6. The summed E-state index contributed by atoms with van der Waals surface area (Å²) in [7, 11) is 0. The predicted octanol–water partition coefficient (Wildman–Crippen LogP) is 5.51. The maximum Gasteiger partial charge on any atom is 0.228 e. The monoisotopic (exact) mass is 404 g/mol. The lowest BCUT2D eigenvalue weighted by Gasteiger charge is -2.16. The van der Waals surface area contributed by atoms with Gasteiger partial charge in [0.15, 0.2) is 0 Å². The van der Waals surface area contributed by atoms with Crippen molar-refractivity contribution in [2.75, 3.05) is 10.6 Å². The molecule has 0 aliphatic heterocycles. The SMILES string of the molecule is Cc1nn(CC(C)C)c(C)c1CC(=O)Nc1ccc(N[C@H](C)c2ccccc2)cc1. The van der Waals surface area contributed by atoms with Gasteiger partial charge in [-0.05, 0) is 56.5 Å². The van der Waals surface area contributed by atoms with E-state index in [0.29, 0.717) is 12.3 Å². The normalized spacial score (nSPS) is 12.1. The van der Waals surface area contributed by atoms with Gasteiger partial charge in [0.25, 0.3) is 0 Å².